The number of halogens is 8. The predicted octanol–water partition coefficient (Wildman–Crippen LogP) is 6.07. The lowest BCUT2D eigenvalue weighted by molar-refractivity contribution is -0.230. The lowest BCUT2D eigenvalue weighted by Crippen LogP contribution is -2.61. The number of aromatic nitrogens is 2. The Balaban J connectivity index is 1.44. The Morgan fingerprint density at radius 2 is 1.79 bits per heavy atom. The number of anilines is 2. The summed E-state index contributed by atoms with van der Waals surface area (Å²) < 4.78 is 122. The molecule has 47 heavy (non-hydrogen) atoms. The van der Waals surface area contributed by atoms with Crippen molar-refractivity contribution in [2.24, 2.45) is 5.92 Å². The molecule has 0 spiro atoms. The maximum absolute atomic E-state index is 16.8. The molecule has 0 radical (unpaired) electrons. The predicted molar refractivity (Wildman–Crippen MR) is 158 cm³/mol. The molecule has 2 aromatic heterocycles. The normalized spacial score (nSPS) is 23.4. The lowest BCUT2D eigenvalue weighted by Gasteiger charge is -2.46. The van der Waals surface area contributed by atoms with Gasteiger partial charge in [0.1, 0.15) is 34.8 Å². The molecule has 7 rings (SSSR count). The van der Waals surface area contributed by atoms with Crippen LogP contribution in [0.5, 0.6) is 6.01 Å². The summed E-state index contributed by atoms with van der Waals surface area (Å²) in [6.45, 7) is -0.0992. The quantitative estimate of drug-likeness (QED) is 0.245. The molecule has 2 aromatic carbocycles. The van der Waals surface area contributed by atoms with Gasteiger partial charge in [-0.1, -0.05) is 6.07 Å². The van der Waals surface area contributed by atoms with Crippen molar-refractivity contribution in [1.29, 1.82) is 5.26 Å². The number of benzene rings is 2. The molecule has 0 saturated carbocycles. The highest BCUT2D eigenvalue weighted by Gasteiger charge is 2.53. The SMILES string of the molecule is CN1C[C@@H](C(F)(F)F)[C@H]1COc1nc(N2CC3CCC(C2)N3)c2cc(C(F)(F)F)c(-c3ccc(F)c4sc(N)c(C#N)c34)c(F)c2n1. The van der Waals surface area contributed by atoms with E-state index >= 15 is 4.39 Å². The second-order valence-electron chi connectivity index (χ2n) is 12.1. The third-order valence-corrected chi connectivity index (χ3v) is 10.3. The number of nitrogens with zero attached hydrogens (tertiary/aromatic N) is 5. The Labute approximate surface area is 265 Å². The lowest BCUT2D eigenvalue weighted by atomic mass is 9.89. The minimum atomic E-state index is -5.13. The van der Waals surface area contributed by atoms with Gasteiger partial charge in [0.15, 0.2) is 5.82 Å². The van der Waals surface area contributed by atoms with Crippen LogP contribution in [0.15, 0.2) is 18.2 Å². The van der Waals surface area contributed by atoms with Gasteiger partial charge in [0.25, 0.3) is 0 Å². The maximum Gasteiger partial charge on any atom is 0.417 e. The first-order chi connectivity index (χ1) is 22.2. The zero-order chi connectivity index (χ0) is 33.6. The first-order valence-corrected chi connectivity index (χ1v) is 15.4. The van der Waals surface area contributed by atoms with Gasteiger partial charge in [0, 0.05) is 48.1 Å². The molecule has 3 aliphatic rings. The monoisotopic (exact) mass is 683 g/mol. The van der Waals surface area contributed by atoms with E-state index < -0.39 is 70.8 Å². The first-order valence-electron chi connectivity index (χ1n) is 14.6. The van der Waals surface area contributed by atoms with E-state index in [-0.39, 0.29) is 50.5 Å². The van der Waals surface area contributed by atoms with E-state index in [1.54, 1.807) is 11.0 Å². The number of nitrogens with one attached hydrogen (secondary N) is 1. The van der Waals surface area contributed by atoms with Crippen LogP contribution in [-0.2, 0) is 6.18 Å². The van der Waals surface area contributed by atoms with E-state index in [0.717, 1.165) is 25.0 Å². The summed E-state index contributed by atoms with van der Waals surface area (Å²) in [4.78, 5) is 11.6. The Kier molecular flexibility index (Phi) is 7.41. The smallest absolute Gasteiger partial charge is 0.417 e. The van der Waals surface area contributed by atoms with Gasteiger partial charge in [-0.25, -0.2) is 8.78 Å². The van der Waals surface area contributed by atoms with Crippen LogP contribution in [0.25, 0.3) is 32.1 Å². The fourth-order valence-electron chi connectivity index (χ4n) is 6.92. The number of fused-ring (bicyclic) bond motifs is 4. The van der Waals surface area contributed by atoms with Crippen LogP contribution in [0, 0.1) is 28.9 Å². The van der Waals surface area contributed by atoms with Crippen molar-refractivity contribution in [2.45, 2.75) is 43.3 Å². The van der Waals surface area contributed by atoms with Crippen molar-refractivity contribution in [3.8, 4) is 23.2 Å². The molecule has 8 nitrogen and oxygen atoms in total. The summed E-state index contributed by atoms with van der Waals surface area (Å²) in [7, 11) is 1.49. The van der Waals surface area contributed by atoms with Gasteiger partial charge >= 0.3 is 18.4 Å². The number of likely N-dealkylation sites (N-methyl/N-ethyl adjacent to an activating group) is 1. The van der Waals surface area contributed by atoms with E-state index in [4.69, 9.17) is 10.5 Å². The average molecular weight is 684 g/mol. The van der Waals surface area contributed by atoms with Crippen LogP contribution < -0.4 is 20.7 Å². The number of rotatable bonds is 5. The van der Waals surface area contributed by atoms with Crippen molar-refractivity contribution in [3.63, 3.8) is 0 Å². The van der Waals surface area contributed by atoms with E-state index in [1.165, 1.54) is 11.9 Å². The Morgan fingerprint density at radius 1 is 1.09 bits per heavy atom. The number of likely N-dealkylation sites (tertiary alicyclic amines) is 1. The van der Waals surface area contributed by atoms with Crippen molar-refractivity contribution in [3.05, 3.63) is 41.0 Å². The topological polar surface area (TPSA) is 103 Å². The number of ether oxygens (including phenoxy) is 1. The van der Waals surface area contributed by atoms with Gasteiger partial charge in [0.05, 0.1) is 27.8 Å². The molecule has 2 bridgehead atoms. The maximum atomic E-state index is 16.8. The van der Waals surface area contributed by atoms with Gasteiger partial charge in [-0.3, -0.25) is 4.90 Å². The summed E-state index contributed by atoms with van der Waals surface area (Å²) in [5.41, 5.74) is 2.18. The van der Waals surface area contributed by atoms with E-state index in [9.17, 15) is 36.0 Å². The highest BCUT2D eigenvalue weighted by molar-refractivity contribution is 7.23. The number of hydrogen-bond acceptors (Lipinski definition) is 9. The average Bonchev–Trinajstić information content (AvgIpc) is 3.52. The molecule has 3 fully saturated rings. The molecular weight excluding hydrogens is 658 g/mol. The summed E-state index contributed by atoms with van der Waals surface area (Å²) in [6.07, 6.45) is -8.01. The molecule has 5 heterocycles. The van der Waals surface area contributed by atoms with Crippen LogP contribution in [0.2, 0.25) is 0 Å². The van der Waals surface area contributed by atoms with Crippen LogP contribution in [0.3, 0.4) is 0 Å². The van der Waals surface area contributed by atoms with Crippen LogP contribution in [0.1, 0.15) is 24.0 Å². The molecule has 3 N–H and O–H groups in total. The first kappa shape index (κ1) is 31.6. The molecule has 0 amide bonds. The number of alkyl halides is 6. The number of hydrogen-bond donors (Lipinski definition) is 2. The number of nitriles is 1. The van der Waals surface area contributed by atoms with Crippen molar-refractivity contribution in [2.75, 3.05) is 43.9 Å². The largest absolute Gasteiger partial charge is 0.462 e. The van der Waals surface area contributed by atoms with E-state index in [2.05, 4.69) is 15.3 Å². The van der Waals surface area contributed by atoms with Crippen LogP contribution in [0.4, 0.5) is 45.9 Å². The number of nitrogens with two attached hydrogens (primary N) is 1. The molecule has 0 aliphatic carbocycles. The molecule has 3 saturated heterocycles. The summed E-state index contributed by atoms with van der Waals surface area (Å²) >= 11 is 0.645. The number of piperazine rings is 1. The standard InChI is InChI=1S/C30H25F8N7OS/c1-44-10-18(30(36,37)38)20(44)11-46-28-42-24-15(27(43-28)45-8-12-2-3-13(9-45)41-12)6-17(29(33,34)35)22(23(24)32)14-4-5-19(31)25-21(14)16(7-39)26(40)47-25/h4-6,12-13,18,20,41H,2-3,8-11,40H2,1H3/t12?,13?,18-,20-/m1/s1. The van der Waals surface area contributed by atoms with Crippen molar-refractivity contribution in [1.82, 2.24) is 20.2 Å². The Morgan fingerprint density at radius 3 is 2.40 bits per heavy atom. The highest BCUT2D eigenvalue weighted by atomic mass is 32.1. The Hall–Kier alpha value is -4.01. The zero-order valence-corrected chi connectivity index (χ0v) is 25.3. The third kappa shape index (κ3) is 5.26. The highest BCUT2D eigenvalue weighted by Crippen LogP contribution is 2.48. The number of thiophene rings is 1. The number of nitrogen functional groups attached to an aromatic ring is 1. The van der Waals surface area contributed by atoms with Gasteiger partial charge in [-0.15, -0.1) is 11.3 Å². The second kappa shape index (κ2) is 11.0. The molecule has 4 atom stereocenters. The molecule has 4 aromatic rings. The Bertz CT molecular complexity index is 1940. The van der Waals surface area contributed by atoms with E-state index in [0.29, 0.717) is 30.5 Å². The summed E-state index contributed by atoms with van der Waals surface area (Å²) in [5.74, 6) is -4.04. The molecule has 248 valence electrons. The van der Waals surface area contributed by atoms with E-state index in [1.807, 2.05) is 0 Å². The van der Waals surface area contributed by atoms with Gasteiger partial charge < -0.3 is 20.7 Å². The second-order valence-corrected chi connectivity index (χ2v) is 13.2. The fourth-order valence-corrected chi connectivity index (χ4v) is 7.87. The van der Waals surface area contributed by atoms with Crippen molar-refractivity contribution < 1.29 is 39.9 Å². The molecule has 17 heteroatoms. The minimum absolute atomic E-state index is 0.00791. The zero-order valence-electron chi connectivity index (χ0n) is 24.4. The van der Waals surface area contributed by atoms with Gasteiger partial charge in [-0.05, 0) is 37.6 Å². The van der Waals surface area contributed by atoms with Crippen LogP contribution >= 0.6 is 11.3 Å². The summed E-state index contributed by atoms with van der Waals surface area (Å²) in [6, 6.07) is 2.69. The minimum Gasteiger partial charge on any atom is -0.462 e. The molecule has 3 aliphatic heterocycles. The van der Waals surface area contributed by atoms with Crippen LogP contribution in [-0.4, -0.2) is 72.5 Å². The van der Waals surface area contributed by atoms with Crippen molar-refractivity contribution >= 4 is 43.1 Å². The summed E-state index contributed by atoms with van der Waals surface area (Å²) in [5, 5.41) is 12.4. The molecule has 2 unspecified atom stereocenters. The molecular formula is C30H25F8N7OS. The fraction of sp³-hybridized carbons (Fsp3) is 0.433. The third-order valence-electron chi connectivity index (χ3n) is 9.23. The van der Waals surface area contributed by atoms with Gasteiger partial charge in [0.2, 0.25) is 0 Å². The van der Waals surface area contributed by atoms with Gasteiger partial charge in [-0.2, -0.15) is 41.6 Å².